The molecule has 2 nitrogen and oxygen atoms in total. The van der Waals surface area contributed by atoms with Gasteiger partial charge in [-0.25, -0.2) is 0 Å². The van der Waals surface area contributed by atoms with E-state index in [2.05, 4.69) is 39.5 Å². The lowest BCUT2D eigenvalue weighted by atomic mass is 9.68. The average Bonchev–Trinajstić information content (AvgIpc) is 2.33. The van der Waals surface area contributed by atoms with Crippen molar-refractivity contribution < 1.29 is 4.79 Å². The number of likely N-dealkylation sites (tertiary alicyclic amines) is 1. The van der Waals surface area contributed by atoms with Crippen LogP contribution in [-0.2, 0) is 4.79 Å². The summed E-state index contributed by atoms with van der Waals surface area (Å²) in [5.41, 5.74) is 0.851. The van der Waals surface area contributed by atoms with Crippen LogP contribution >= 0.6 is 0 Å². The summed E-state index contributed by atoms with van der Waals surface area (Å²) < 4.78 is 0. The normalized spacial score (nSPS) is 32.4. The second-order valence-electron chi connectivity index (χ2n) is 8.97. The fourth-order valence-corrected chi connectivity index (χ4v) is 3.73. The van der Waals surface area contributed by atoms with E-state index >= 15 is 0 Å². The Morgan fingerprint density at radius 2 is 1.80 bits per heavy atom. The molecule has 2 unspecified atom stereocenters. The van der Waals surface area contributed by atoms with Crippen LogP contribution in [0.4, 0.5) is 0 Å². The Morgan fingerprint density at radius 3 is 2.35 bits per heavy atom. The highest BCUT2D eigenvalue weighted by molar-refractivity contribution is 5.82. The largest absolute Gasteiger partial charge is 0.303 e. The SMILES string of the molecule is CC1(C)CCN(CC2CC(C(C)(C)C)CCC2=O)CC1. The average molecular weight is 279 g/mol. The van der Waals surface area contributed by atoms with E-state index in [0.717, 1.165) is 25.8 Å². The first kappa shape index (κ1) is 16.0. The van der Waals surface area contributed by atoms with Crippen molar-refractivity contribution in [2.24, 2.45) is 22.7 Å². The maximum absolute atomic E-state index is 12.2. The topological polar surface area (TPSA) is 20.3 Å². The van der Waals surface area contributed by atoms with E-state index in [1.54, 1.807) is 0 Å². The van der Waals surface area contributed by atoms with Gasteiger partial charge in [-0.3, -0.25) is 4.79 Å². The molecule has 1 aliphatic carbocycles. The Balaban J connectivity index is 1.89. The summed E-state index contributed by atoms with van der Waals surface area (Å²) >= 11 is 0. The van der Waals surface area contributed by atoms with Crippen molar-refractivity contribution in [1.29, 1.82) is 0 Å². The molecule has 2 heteroatoms. The summed E-state index contributed by atoms with van der Waals surface area (Å²) in [6.07, 6.45) is 5.58. The van der Waals surface area contributed by atoms with Gasteiger partial charge in [0, 0.05) is 18.9 Å². The van der Waals surface area contributed by atoms with Gasteiger partial charge in [-0.2, -0.15) is 0 Å². The molecule has 0 spiro atoms. The second-order valence-corrected chi connectivity index (χ2v) is 8.97. The molecular formula is C18H33NO. The number of Topliss-reactive ketones (excluding diaryl/α,β-unsaturated/α-hetero) is 1. The van der Waals surface area contributed by atoms with Gasteiger partial charge >= 0.3 is 0 Å². The minimum atomic E-state index is 0.300. The van der Waals surface area contributed by atoms with Crippen LogP contribution in [0.15, 0.2) is 0 Å². The molecule has 20 heavy (non-hydrogen) atoms. The van der Waals surface area contributed by atoms with Crippen molar-refractivity contribution in [3.05, 3.63) is 0 Å². The summed E-state index contributed by atoms with van der Waals surface area (Å²) in [6.45, 7) is 15.1. The monoisotopic (exact) mass is 279 g/mol. The van der Waals surface area contributed by atoms with Gasteiger partial charge < -0.3 is 4.90 Å². The first-order valence-corrected chi connectivity index (χ1v) is 8.42. The van der Waals surface area contributed by atoms with E-state index in [0.29, 0.717) is 28.4 Å². The zero-order valence-electron chi connectivity index (χ0n) is 14.2. The third kappa shape index (κ3) is 4.07. The molecule has 116 valence electrons. The van der Waals surface area contributed by atoms with E-state index in [4.69, 9.17) is 0 Å². The number of nitrogens with zero attached hydrogens (tertiary/aromatic N) is 1. The van der Waals surface area contributed by atoms with Crippen molar-refractivity contribution >= 4 is 5.78 Å². The highest BCUT2D eigenvalue weighted by Gasteiger charge is 2.36. The van der Waals surface area contributed by atoms with Gasteiger partial charge in [0.1, 0.15) is 5.78 Å². The zero-order chi connectivity index (χ0) is 15.0. The summed E-state index contributed by atoms with van der Waals surface area (Å²) in [5, 5.41) is 0. The quantitative estimate of drug-likeness (QED) is 0.757. The van der Waals surface area contributed by atoms with Gasteiger partial charge in [0.05, 0.1) is 0 Å². The molecule has 1 saturated heterocycles. The third-order valence-electron chi connectivity index (χ3n) is 5.68. The highest BCUT2D eigenvalue weighted by atomic mass is 16.1. The molecule has 0 bridgehead atoms. The number of piperidine rings is 1. The highest BCUT2D eigenvalue weighted by Crippen LogP contribution is 2.39. The zero-order valence-corrected chi connectivity index (χ0v) is 14.2. The van der Waals surface area contributed by atoms with Crippen molar-refractivity contribution in [2.45, 2.75) is 66.7 Å². The van der Waals surface area contributed by atoms with Gasteiger partial charge in [0.15, 0.2) is 0 Å². The van der Waals surface area contributed by atoms with Crippen molar-refractivity contribution in [3.8, 4) is 0 Å². The number of hydrogen-bond acceptors (Lipinski definition) is 2. The second kappa shape index (κ2) is 5.79. The van der Waals surface area contributed by atoms with Gasteiger partial charge in [0.25, 0.3) is 0 Å². The maximum Gasteiger partial charge on any atom is 0.137 e. The molecule has 2 atom stereocenters. The minimum Gasteiger partial charge on any atom is -0.303 e. The van der Waals surface area contributed by atoms with E-state index in [1.807, 2.05) is 0 Å². The summed E-state index contributed by atoms with van der Waals surface area (Å²) in [6, 6.07) is 0. The first-order valence-electron chi connectivity index (χ1n) is 8.42. The molecular weight excluding hydrogens is 246 g/mol. The number of ketones is 1. The molecule has 0 radical (unpaired) electrons. The predicted molar refractivity (Wildman–Crippen MR) is 84.7 cm³/mol. The summed E-state index contributed by atoms with van der Waals surface area (Å²) in [4.78, 5) is 14.8. The molecule has 0 aromatic carbocycles. The number of rotatable bonds is 2. The van der Waals surface area contributed by atoms with Crippen LogP contribution in [0, 0.1) is 22.7 Å². The molecule has 0 aromatic heterocycles. The lowest BCUT2D eigenvalue weighted by molar-refractivity contribution is -0.127. The van der Waals surface area contributed by atoms with E-state index in [9.17, 15) is 4.79 Å². The van der Waals surface area contributed by atoms with Crippen molar-refractivity contribution in [2.75, 3.05) is 19.6 Å². The van der Waals surface area contributed by atoms with E-state index in [1.165, 1.54) is 25.9 Å². The van der Waals surface area contributed by atoms with Crippen molar-refractivity contribution in [3.63, 3.8) is 0 Å². The van der Waals surface area contributed by atoms with E-state index in [-0.39, 0.29) is 0 Å². The van der Waals surface area contributed by atoms with Crippen LogP contribution in [0.25, 0.3) is 0 Å². The van der Waals surface area contributed by atoms with Crippen LogP contribution < -0.4 is 0 Å². The molecule has 0 amide bonds. The molecule has 1 saturated carbocycles. The Bertz CT molecular complexity index is 343. The number of hydrogen-bond donors (Lipinski definition) is 0. The lowest BCUT2D eigenvalue weighted by Crippen LogP contribution is -2.43. The molecule has 1 heterocycles. The molecule has 2 aliphatic rings. The molecule has 2 fully saturated rings. The van der Waals surface area contributed by atoms with Crippen LogP contribution in [0.2, 0.25) is 0 Å². The molecule has 0 aromatic rings. The maximum atomic E-state index is 12.2. The minimum absolute atomic E-state index is 0.300. The Labute approximate surface area is 125 Å². The summed E-state index contributed by atoms with van der Waals surface area (Å²) in [7, 11) is 0. The van der Waals surface area contributed by atoms with Crippen LogP contribution in [0.5, 0.6) is 0 Å². The standard InChI is InChI=1S/C18H33NO/c1-17(2,3)15-6-7-16(20)14(12-15)13-19-10-8-18(4,5)9-11-19/h14-15H,6-13H2,1-5H3. The van der Waals surface area contributed by atoms with Crippen LogP contribution in [-0.4, -0.2) is 30.3 Å². The Hall–Kier alpha value is -0.370. The third-order valence-corrected chi connectivity index (χ3v) is 5.68. The fraction of sp³-hybridized carbons (Fsp3) is 0.944. The smallest absolute Gasteiger partial charge is 0.137 e. The Kier molecular flexibility index (Phi) is 4.63. The Morgan fingerprint density at radius 1 is 1.20 bits per heavy atom. The van der Waals surface area contributed by atoms with Crippen molar-refractivity contribution in [1.82, 2.24) is 4.90 Å². The number of carbonyl (C=O) groups excluding carboxylic acids is 1. The first-order chi connectivity index (χ1) is 9.17. The van der Waals surface area contributed by atoms with E-state index < -0.39 is 0 Å². The van der Waals surface area contributed by atoms with Crippen LogP contribution in [0.1, 0.15) is 66.7 Å². The molecule has 0 N–H and O–H groups in total. The van der Waals surface area contributed by atoms with Gasteiger partial charge in [-0.15, -0.1) is 0 Å². The van der Waals surface area contributed by atoms with Gasteiger partial charge in [0.2, 0.25) is 0 Å². The van der Waals surface area contributed by atoms with Crippen LogP contribution in [0.3, 0.4) is 0 Å². The molecule has 1 aliphatic heterocycles. The lowest BCUT2D eigenvalue weighted by Gasteiger charge is -2.41. The van der Waals surface area contributed by atoms with Gasteiger partial charge in [-0.1, -0.05) is 34.6 Å². The number of carbonyl (C=O) groups is 1. The van der Waals surface area contributed by atoms with Gasteiger partial charge in [-0.05, 0) is 55.5 Å². The summed E-state index contributed by atoms with van der Waals surface area (Å²) in [5.74, 6) is 1.54. The fourth-order valence-electron chi connectivity index (χ4n) is 3.73. The molecule has 2 rings (SSSR count). The predicted octanol–water partition coefficient (Wildman–Crippen LogP) is 4.14.